The van der Waals surface area contributed by atoms with Crippen molar-refractivity contribution < 1.29 is 15.0 Å². The van der Waals surface area contributed by atoms with E-state index in [-0.39, 0.29) is 5.92 Å². The standard InChI is InChI=1S/C16H32O3/c1-2-3-4-9-12-15(16(18)19)13-10-7-5-6-8-11-14-17/h15,17H,2-14H2,1H3,(H,18,19). The third-order valence-electron chi connectivity index (χ3n) is 3.72. The highest BCUT2D eigenvalue weighted by Crippen LogP contribution is 2.19. The summed E-state index contributed by atoms with van der Waals surface area (Å²) < 4.78 is 0. The molecule has 0 aromatic rings. The molecule has 0 aliphatic carbocycles. The Hall–Kier alpha value is -0.570. The first-order valence-corrected chi connectivity index (χ1v) is 8.06. The van der Waals surface area contributed by atoms with Gasteiger partial charge in [-0.15, -0.1) is 0 Å². The van der Waals surface area contributed by atoms with Crippen molar-refractivity contribution in [2.24, 2.45) is 5.92 Å². The van der Waals surface area contributed by atoms with Crippen LogP contribution in [0.1, 0.15) is 84.0 Å². The number of rotatable bonds is 14. The molecule has 0 amide bonds. The fraction of sp³-hybridized carbons (Fsp3) is 0.938. The molecule has 114 valence electrons. The average molecular weight is 272 g/mol. The van der Waals surface area contributed by atoms with Crippen molar-refractivity contribution in [3.63, 3.8) is 0 Å². The van der Waals surface area contributed by atoms with Crippen LogP contribution in [0, 0.1) is 5.92 Å². The molecular weight excluding hydrogens is 240 g/mol. The molecule has 3 heteroatoms. The molecule has 0 fully saturated rings. The van der Waals surface area contributed by atoms with E-state index in [1.807, 2.05) is 0 Å². The molecule has 1 unspecified atom stereocenters. The van der Waals surface area contributed by atoms with E-state index in [1.165, 1.54) is 25.7 Å². The molecule has 0 bridgehead atoms. The summed E-state index contributed by atoms with van der Waals surface area (Å²) in [5, 5.41) is 17.8. The lowest BCUT2D eigenvalue weighted by atomic mass is 9.94. The minimum atomic E-state index is -0.614. The van der Waals surface area contributed by atoms with Gasteiger partial charge in [0.05, 0.1) is 5.92 Å². The van der Waals surface area contributed by atoms with E-state index in [4.69, 9.17) is 5.11 Å². The zero-order chi connectivity index (χ0) is 14.3. The lowest BCUT2D eigenvalue weighted by molar-refractivity contribution is -0.142. The molecule has 0 saturated carbocycles. The van der Waals surface area contributed by atoms with Crippen LogP contribution in [0.3, 0.4) is 0 Å². The lowest BCUT2D eigenvalue weighted by Gasteiger charge is -2.11. The smallest absolute Gasteiger partial charge is 0.306 e. The maximum atomic E-state index is 11.1. The second-order valence-corrected chi connectivity index (χ2v) is 5.52. The predicted molar refractivity (Wildman–Crippen MR) is 79.3 cm³/mol. The molecule has 1 atom stereocenters. The van der Waals surface area contributed by atoms with Gasteiger partial charge in [-0.1, -0.05) is 64.7 Å². The number of hydrogen-bond donors (Lipinski definition) is 2. The number of aliphatic hydroxyl groups is 1. The third-order valence-corrected chi connectivity index (χ3v) is 3.72. The van der Waals surface area contributed by atoms with Crippen molar-refractivity contribution in [2.75, 3.05) is 6.61 Å². The molecule has 0 rings (SSSR count). The Morgan fingerprint density at radius 2 is 1.32 bits per heavy atom. The summed E-state index contributed by atoms with van der Waals surface area (Å²) in [5.74, 6) is -0.744. The van der Waals surface area contributed by atoms with Crippen LogP contribution in [0.4, 0.5) is 0 Å². The first-order valence-electron chi connectivity index (χ1n) is 8.06. The second-order valence-electron chi connectivity index (χ2n) is 5.52. The van der Waals surface area contributed by atoms with Crippen molar-refractivity contribution in [3.05, 3.63) is 0 Å². The second kappa shape index (κ2) is 13.9. The van der Waals surface area contributed by atoms with Gasteiger partial charge in [0.2, 0.25) is 0 Å². The highest BCUT2D eigenvalue weighted by atomic mass is 16.4. The monoisotopic (exact) mass is 272 g/mol. The van der Waals surface area contributed by atoms with E-state index in [0.717, 1.165) is 51.4 Å². The van der Waals surface area contributed by atoms with Gasteiger partial charge in [0.25, 0.3) is 0 Å². The third kappa shape index (κ3) is 12.2. The average Bonchev–Trinajstić information content (AvgIpc) is 2.39. The lowest BCUT2D eigenvalue weighted by Crippen LogP contribution is -2.13. The van der Waals surface area contributed by atoms with E-state index in [1.54, 1.807) is 0 Å². The number of aliphatic carboxylic acids is 1. The number of hydrogen-bond acceptors (Lipinski definition) is 2. The number of aliphatic hydroxyl groups excluding tert-OH is 1. The number of carboxylic acids is 1. The molecule has 0 aromatic carbocycles. The van der Waals surface area contributed by atoms with Gasteiger partial charge in [0.1, 0.15) is 0 Å². The van der Waals surface area contributed by atoms with Gasteiger partial charge in [-0.3, -0.25) is 4.79 Å². The van der Waals surface area contributed by atoms with Crippen LogP contribution in [-0.4, -0.2) is 22.8 Å². The Bertz CT molecular complexity index is 204. The van der Waals surface area contributed by atoms with Crippen LogP contribution in [0.2, 0.25) is 0 Å². The van der Waals surface area contributed by atoms with E-state index >= 15 is 0 Å². The largest absolute Gasteiger partial charge is 0.481 e. The van der Waals surface area contributed by atoms with Gasteiger partial charge in [0, 0.05) is 6.61 Å². The Balaban J connectivity index is 3.51. The Morgan fingerprint density at radius 1 is 0.842 bits per heavy atom. The summed E-state index contributed by atoms with van der Waals surface area (Å²) in [6.45, 7) is 2.46. The van der Waals surface area contributed by atoms with E-state index < -0.39 is 5.97 Å². The summed E-state index contributed by atoms with van der Waals surface area (Å²) in [6, 6.07) is 0. The summed E-state index contributed by atoms with van der Waals surface area (Å²) in [6.07, 6.45) is 12.8. The van der Waals surface area contributed by atoms with E-state index in [2.05, 4.69) is 6.92 Å². The number of carboxylic acid groups (broad SMARTS) is 1. The Labute approximate surface area is 118 Å². The highest BCUT2D eigenvalue weighted by molar-refractivity contribution is 5.69. The molecule has 2 N–H and O–H groups in total. The van der Waals surface area contributed by atoms with Gasteiger partial charge < -0.3 is 10.2 Å². The Kier molecular flexibility index (Phi) is 13.4. The van der Waals surface area contributed by atoms with Crippen LogP contribution < -0.4 is 0 Å². The van der Waals surface area contributed by atoms with Crippen molar-refractivity contribution in [3.8, 4) is 0 Å². The van der Waals surface area contributed by atoms with Crippen molar-refractivity contribution >= 4 is 5.97 Å². The molecule has 19 heavy (non-hydrogen) atoms. The molecule has 0 saturated heterocycles. The van der Waals surface area contributed by atoms with Crippen molar-refractivity contribution in [2.45, 2.75) is 84.0 Å². The first kappa shape index (κ1) is 18.4. The summed E-state index contributed by atoms with van der Waals surface area (Å²) in [4.78, 5) is 11.1. The van der Waals surface area contributed by atoms with Crippen LogP contribution in [0.25, 0.3) is 0 Å². The fourth-order valence-electron chi connectivity index (χ4n) is 2.42. The highest BCUT2D eigenvalue weighted by Gasteiger charge is 2.15. The van der Waals surface area contributed by atoms with Crippen LogP contribution >= 0.6 is 0 Å². The number of carbonyl (C=O) groups is 1. The van der Waals surface area contributed by atoms with Gasteiger partial charge in [-0.25, -0.2) is 0 Å². The quantitative estimate of drug-likeness (QED) is 0.461. The van der Waals surface area contributed by atoms with E-state index in [0.29, 0.717) is 6.61 Å². The molecule has 0 aliphatic heterocycles. The normalized spacial score (nSPS) is 12.5. The Morgan fingerprint density at radius 3 is 1.79 bits per heavy atom. The van der Waals surface area contributed by atoms with Gasteiger partial charge in [0.15, 0.2) is 0 Å². The maximum absolute atomic E-state index is 11.1. The van der Waals surface area contributed by atoms with E-state index in [9.17, 15) is 9.90 Å². The first-order chi connectivity index (χ1) is 9.22. The molecule has 0 radical (unpaired) electrons. The molecule has 0 aliphatic rings. The van der Waals surface area contributed by atoms with Crippen molar-refractivity contribution in [1.29, 1.82) is 0 Å². The van der Waals surface area contributed by atoms with Crippen LogP contribution in [0.5, 0.6) is 0 Å². The zero-order valence-corrected chi connectivity index (χ0v) is 12.6. The summed E-state index contributed by atoms with van der Waals surface area (Å²) in [7, 11) is 0. The maximum Gasteiger partial charge on any atom is 0.306 e. The molecule has 0 aromatic heterocycles. The van der Waals surface area contributed by atoms with Gasteiger partial charge in [-0.2, -0.15) is 0 Å². The predicted octanol–water partition coefficient (Wildman–Crippen LogP) is 4.38. The topological polar surface area (TPSA) is 57.5 Å². The molecule has 0 heterocycles. The van der Waals surface area contributed by atoms with Crippen molar-refractivity contribution in [1.82, 2.24) is 0 Å². The summed E-state index contributed by atoms with van der Waals surface area (Å²) in [5.41, 5.74) is 0. The minimum Gasteiger partial charge on any atom is -0.481 e. The minimum absolute atomic E-state index is 0.130. The number of unbranched alkanes of at least 4 members (excludes halogenated alkanes) is 8. The molecule has 0 spiro atoms. The van der Waals surface area contributed by atoms with Crippen LogP contribution in [0.15, 0.2) is 0 Å². The van der Waals surface area contributed by atoms with Gasteiger partial charge in [-0.05, 0) is 19.3 Å². The zero-order valence-electron chi connectivity index (χ0n) is 12.6. The SMILES string of the molecule is CCCCCCC(CCCCCCCCO)C(=O)O. The summed E-state index contributed by atoms with van der Waals surface area (Å²) >= 11 is 0. The molecular formula is C16H32O3. The molecule has 3 nitrogen and oxygen atoms in total. The van der Waals surface area contributed by atoms with Crippen LogP contribution in [-0.2, 0) is 4.79 Å². The fourth-order valence-corrected chi connectivity index (χ4v) is 2.42. The van der Waals surface area contributed by atoms with Gasteiger partial charge >= 0.3 is 5.97 Å².